The van der Waals surface area contributed by atoms with Crippen molar-refractivity contribution < 1.29 is 64.6 Å². The van der Waals surface area contributed by atoms with Crippen LogP contribution in [-0.4, -0.2) is 165 Å². The van der Waals surface area contributed by atoms with Crippen molar-refractivity contribution in [1.82, 2.24) is 49.8 Å². The van der Waals surface area contributed by atoms with Crippen LogP contribution < -0.4 is 39.8 Å². The standard InChI is InChI=1S/C40H42N6O8S2.C35H34N6O6S2.ClH/c1-5-24-21-40(24,37(49)44-56(51,52)26-16-17-26)43-34(47)30-20-25(53-35-33(32-15-10-18-55-32)41-27-12-7-8-13-28(27)42-35)22-45(30)36(48)31-19-23-11-6-9-14-29(23)46(31)38(50)54-39(2,3)4;1-2-21-18-35(21,34(44)40-49(45,46)23-13-14-23)39-31(42)28-17-22(19-41(28)33(43)27-16-20-8-3-4-9-24(20)36-27)47-32-30(29-12-7-15-48-29)37-25-10-5-6-11-26(25)38-32;/h5-15,18,24-26,30-31H,1,16-17,19-22H2,2-4H3,(H,43,47)(H,44,49);2-12,15,21-23,27-28,36H,1,13-14,16-19H2,(H,39,42)(H,40,44);1H/t24-,25-,30+,31+,40-;21-,22-,27+,28+,35-;/m11./s1. The molecule has 5 N–H and O–H groups in total. The van der Waals surface area contributed by atoms with E-state index < -0.39 is 131 Å². The van der Waals surface area contributed by atoms with Gasteiger partial charge in [0.25, 0.3) is 11.8 Å². The summed E-state index contributed by atoms with van der Waals surface area (Å²) in [5.41, 5.74) is 2.92. The number of hydrogen-bond donors (Lipinski definition) is 5. The van der Waals surface area contributed by atoms with Gasteiger partial charge in [-0.2, -0.15) is 0 Å². The molecule has 8 aliphatic rings. The highest BCUT2D eigenvalue weighted by Crippen LogP contribution is 2.48. The molecule has 26 nitrogen and oxygen atoms in total. The molecule has 31 heteroatoms. The number of nitrogens with zero attached hydrogens (tertiary/aromatic N) is 7. The average Bonchev–Trinajstić information content (AvgIpc) is 1.58. The molecule has 4 aromatic carbocycles. The number of hydrogen-bond acceptors (Lipinski definition) is 21. The molecule has 0 unspecified atom stereocenters. The summed E-state index contributed by atoms with van der Waals surface area (Å²) in [5.74, 6) is -4.16. The predicted octanol–water partition coefficient (Wildman–Crippen LogP) is 8.58. The Morgan fingerprint density at radius 3 is 1.44 bits per heavy atom. The van der Waals surface area contributed by atoms with E-state index in [2.05, 4.69) is 38.6 Å². The maximum absolute atomic E-state index is 14.9. The van der Waals surface area contributed by atoms with Crippen LogP contribution in [0.25, 0.3) is 43.2 Å². The first kappa shape index (κ1) is 73.0. The van der Waals surface area contributed by atoms with Crippen molar-refractivity contribution in [2.75, 3.05) is 23.3 Å². The van der Waals surface area contributed by atoms with Gasteiger partial charge in [-0.1, -0.05) is 84.9 Å². The second-order valence-corrected chi connectivity index (χ2v) is 34.6. The molecule has 8 aromatic rings. The number of carbonyl (C=O) groups excluding carboxylic acids is 7. The smallest absolute Gasteiger partial charge is 0.415 e. The summed E-state index contributed by atoms with van der Waals surface area (Å²) >= 11 is 2.96. The van der Waals surface area contributed by atoms with E-state index in [1.54, 1.807) is 32.9 Å². The quantitative estimate of drug-likeness (QED) is 0.0446. The molecule has 552 valence electrons. The van der Waals surface area contributed by atoms with E-state index in [-0.39, 0.29) is 69.4 Å². The number of benzene rings is 4. The van der Waals surface area contributed by atoms with Gasteiger partial charge < -0.3 is 40.0 Å². The van der Waals surface area contributed by atoms with E-state index in [0.29, 0.717) is 77.1 Å². The molecule has 4 aromatic heterocycles. The number of anilines is 2. The average molecular weight is 1530 g/mol. The molecule has 0 radical (unpaired) electrons. The summed E-state index contributed by atoms with van der Waals surface area (Å²) in [6.07, 6.45) is 3.90. The van der Waals surface area contributed by atoms with Crippen LogP contribution in [0.2, 0.25) is 0 Å². The number of ether oxygens (including phenoxy) is 3. The molecular formula is C75H77ClN12O14S4. The monoisotopic (exact) mass is 1530 g/mol. The number of thiophene rings is 2. The lowest BCUT2D eigenvalue weighted by Gasteiger charge is -2.32. The van der Waals surface area contributed by atoms with E-state index >= 15 is 0 Å². The summed E-state index contributed by atoms with van der Waals surface area (Å²) in [6, 6.07) is 33.5. The number of amides is 7. The third kappa shape index (κ3) is 14.5. The molecule has 106 heavy (non-hydrogen) atoms. The van der Waals surface area contributed by atoms with Crippen LogP contribution in [0.4, 0.5) is 16.2 Å². The van der Waals surface area contributed by atoms with Crippen molar-refractivity contribution in [3.05, 3.63) is 169 Å². The molecule has 6 fully saturated rings. The zero-order valence-electron chi connectivity index (χ0n) is 57.9. The fourth-order valence-corrected chi connectivity index (χ4v) is 18.5. The van der Waals surface area contributed by atoms with E-state index in [1.807, 2.05) is 120 Å². The summed E-state index contributed by atoms with van der Waals surface area (Å²) < 4.78 is 74.1. The van der Waals surface area contributed by atoms with E-state index in [9.17, 15) is 50.4 Å². The van der Waals surface area contributed by atoms with Gasteiger partial charge >= 0.3 is 6.09 Å². The van der Waals surface area contributed by atoms with E-state index in [0.717, 1.165) is 26.6 Å². The van der Waals surface area contributed by atoms with Gasteiger partial charge in [0, 0.05) is 43.2 Å². The molecule has 4 aliphatic heterocycles. The number of para-hydroxylation sites is 6. The third-order valence-corrected chi connectivity index (χ3v) is 25.6. The van der Waals surface area contributed by atoms with Crippen LogP contribution in [0, 0.1) is 11.8 Å². The molecule has 16 rings (SSSR count). The molecule has 4 aliphatic carbocycles. The Kier molecular flexibility index (Phi) is 19.6. The fraction of sp³-hybridized carbons (Fsp3) is 0.373. The first-order valence-corrected chi connectivity index (χ1v) is 39.7. The van der Waals surface area contributed by atoms with Gasteiger partial charge in [-0.15, -0.1) is 48.2 Å². The van der Waals surface area contributed by atoms with Crippen molar-refractivity contribution in [3.63, 3.8) is 0 Å². The summed E-state index contributed by atoms with van der Waals surface area (Å²) in [4.78, 5) is 124. The lowest BCUT2D eigenvalue weighted by Crippen LogP contribution is -2.58. The first-order chi connectivity index (χ1) is 50.3. The minimum Gasteiger partial charge on any atom is -0.471 e. The van der Waals surface area contributed by atoms with Crippen molar-refractivity contribution in [2.24, 2.45) is 11.8 Å². The lowest BCUT2D eigenvalue weighted by atomic mass is 10.1. The van der Waals surface area contributed by atoms with E-state index in [1.165, 1.54) is 49.5 Å². The summed E-state index contributed by atoms with van der Waals surface area (Å²) in [5, 5.41) is 11.6. The van der Waals surface area contributed by atoms with Crippen LogP contribution in [0.1, 0.15) is 83.3 Å². The highest BCUT2D eigenvalue weighted by Gasteiger charge is 2.64. The van der Waals surface area contributed by atoms with Gasteiger partial charge in [-0.25, -0.2) is 41.6 Å². The number of aromatic nitrogens is 4. The largest absolute Gasteiger partial charge is 0.471 e. The minimum atomic E-state index is -3.92. The second kappa shape index (κ2) is 28.4. The predicted molar refractivity (Wildman–Crippen MR) is 401 cm³/mol. The Morgan fingerprint density at radius 2 is 1.01 bits per heavy atom. The number of rotatable bonds is 20. The molecule has 4 saturated carbocycles. The Labute approximate surface area is 625 Å². The molecule has 0 bridgehead atoms. The molecule has 2 saturated heterocycles. The maximum Gasteiger partial charge on any atom is 0.415 e. The Balaban J connectivity index is 0.000000178. The highest BCUT2D eigenvalue weighted by molar-refractivity contribution is 7.91. The van der Waals surface area contributed by atoms with E-state index in [4.69, 9.17) is 34.1 Å². The van der Waals surface area contributed by atoms with Crippen LogP contribution >= 0.6 is 35.1 Å². The zero-order valence-corrected chi connectivity index (χ0v) is 62.0. The van der Waals surface area contributed by atoms with Crippen LogP contribution in [0.3, 0.4) is 0 Å². The van der Waals surface area contributed by atoms with Crippen molar-refractivity contribution in [2.45, 2.75) is 149 Å². The molecule has 0 spiro atoms. The van der Waals surface area contributed by atoms with Gasteiger partial charge in [-0.3, -0.25) is 43.1 Å². The van der Waals surface area contributed by atoms with Gasteiger partial charge in [0.1, 0.15) is 64.4 Å². The van der Waals surface area contributed by atoms with Gasteiger partial charge in [0.15, 0.2) is 0 Å². The Morgan fingerprint density at radius 1 is 0.566 bits per heavy atom. The summed E-state index contributed by atoms with van der Waals surface area (Å²) in [7, 11) is -7.77. The van der Waals surface area contributed by atoms with Gasteiger partial charge in [0.2, 0.25) is 55.4 Å². The molecule has 7 amide bonds. The number of carbonyl (C=O) groups is 7. The minimum absolute atomic E-state index is 0. The number of nitrogens with one attached hydrogen (secondary N) is 5. The van der Waals surface area contributed by atoms with Crippen LogP contribution in [-0.2, 0) is 66.4 Å². The Bertz CT molecular complexity index is 5070. The second-order valence-electron chi connectivity index (χ2n) is 28.8. The van der Waals surface area contributed by atoms with Crippen LogP contribution in [0.5, 0.6) is 11.8 Å². The normalized spacial score (nSPS) is 24.7. The molecule has 8 heterocycles. The SMILES string of the molecule is C=C[C@@H]1C[C@]1(NC(=O)[C@@H]1C[C@@H](Oc2nc3ccccc3nc2-c2cccs2)CN1C(=O)[C@@H]1Cc2ccccc2N1)C(=O)NS(=O)(=O)C1CC1.C=C[C@@H]1C[C@]1(NC(=O)[C@@H]1C[C@@H](Oc2nc3ccccc3nc2-c2cccs2)CN1C(=O)[C@@H]1Cc2ccccc2N1C(=O)OC(C)(C)C)C(=O)NS(=O)(=O)C1CC1.Cl. The number of likely N-dealkylation sites (tertiary alicyclic amines) is 2. The van der Waals surface area contributed by atoms with Crippen LogP contribution in [0.15, 0.2) is 157 Å². The van der Waals surface area contributed by atoms with Crippen molar-refractivity contribution in [3.8, 4) is 32.9 Å². The van der Waals surface area contributed by atoms with Gasteiger partial charge in [-0.05, 0) is 130 Å². The van der Waals surface area contributed by atoms with Crippen molar-refractivity contribution in [1.29, 1.82) is 0 Å². The number of halogens is 1. The molecule has 10 atom stereocenters. The fourth-order valence-electron chi connectivity index (χ4n) is 14.3. The van der Waals surface area contributed by atoms with Crippen molar-refractivity contribution >= 4 is 130 Å². The first-order valence-electron chi connectivity index (χ1n) is 34.8. The third-order valence-electron chi connectivity index (χ3n) is 20.3. The summed E-state index contributed by atoms with van der Waals surface area (Å²) in [6.45, 7) is 12.8. The maximum atomic E-state index is 14.9. The topological polar surface area (TPSA) is 337 Å². The number of sulfonamides is 2. The number of fused-ring (bicyclic) bond motifs is 4. The zero-order chi connectivity index (χ0) is 73.5. The Hall–Kier alpha value is -9.88. The molecular weight excluding hydrogens is 1460 g/mol. The van der Waals surface area contributed by atoms with Gasteiger partial charge in [0.05, 0.1) is 61.1 Å². The highest BCUT2D eigenvalue weighted by atomic mass is 35.5. The lowest BCUT2D eigenvalue weighted by molar-refractivity contribution is -0.140.